The zero-order valence-electron chi connectivity index (χ0n) is 21.9. The molecule has 0 aliphatic heterocycles. The summed E-state index contributed by atoms with van der Waals surface area (Å²) in [5.41, 5.74) is 3.96. The average Bonchev–Trinajstić information content (AvgIpc) is 2.90. The molecule has 3 N–H and O–H groups in total. The minimum absolute atomic E-state index is 0.0697. The van der Waals surface area contributed by atoms with Crippen LogP contribution in [0.25, 0.3) is 0 Å². The van der Waals surface area contributed by atoms with Crippen molar-refractivity contribution in [2.45, 2.75) is 32.0 Å². The van der Waals surface area contributed by atoms with Crippen molar-refractivity contribution < 1.29 is 27.7 Å². The van der Waals surface area contributed by atoms with Crippen LogP contribution in [-0.2, 0) is 29.5 Å². The minimum atomic E-state index is -3.53. The maximum Gasteiger partial charge on any atom is 0.229 e. The quantitative estimate of drug-likeness (QED) is 0.303. The van der Waals surface area contributed by atoms with Gasteiger partial charge in [0.25, 0.3) is 0 Å². The van der Waals surface area contributed by atoms with E-state index in [4.69, 9.17) is 14.2 Å². The Morgan fingerprint density at radius 1 is 1.00 bits per heavy atom. The predicted octanol–water partition coefficient (Wildman–Crippen LogP) is 3.78. The molecular formula is C29H36N2O6S. The lowest BCUT2D eigenvalue weighted by molar-refractivity contribution is 0.105. The fraction of sp³-hybridized carbons (Fsp3) is 0.379. The van der Waals surface area contributed by atoms with Crippen LogP contribution in [0.3, 0.4) is 0 Å². The van der Waals surface area contributed by atoms with Crippen molar-refractivity contribution in [3.63, 3.8) is 0 Å². The highest BCUT2D eigenvalue weighted by Crippen LogP contribution is 2.31. The smallest absolute Gasteiger partial charge is 0.229 e. The van der Waals surface area contributed by atoms with E-state index in [0.717, 1.165) is 43.4 Å². The number of hydrogen-bond donors (Lipinski definition) is 3. The summed E-state index contributed by atoms with van der Waals surface area (Å²) in [7, 11) is -1.84. The number of nitrogens with one attached hydrogen (secondary N) is 2. The molecule has 0 saturated heterocycles. The van der Waals surface area contributed by atoms with Gasteiger partial charge < -0.3 is 24.6 Å². The Hall–Kier alpha value is -3.27. The second kappa shape index (κ2) is 13.0. The van der Waals surface area contributed by atoms with E-state index < -0.39 is 16.1 Å². The number of hydrogen-bond acceptors (Lipinski definition) is 7. The van der Waals surface area contributed by atoms with Gasteiger partial charge in [-0.15, -0.1) is 0 Å². The van der Waals surface area contributed by atoms with Gasteiger partial charge in [-0.3, -0.25) is 4.72 Å². The molecule has 1 aliphatic rings. The molecule has 0 fully saturated rings. The van der Waals surface area contributed by atoms with E-state index in [2.05, 4.69) is 22.2 Å². The molecular weight excluding hydrogens is 504 g/mol. The number of sulfonamides is 1. The van der Waals surface area contributed by atoms with Gasteiger partial charge in [-0.1, -0.05) is 36.4 Å². The number of rotatable bonds is 13. The maximum atomic E-state index is 11.9. The Morgan fingerprint density at radius 3 is 2.55 bits per heavy atom. The van der Waals surface area contributed by atoms with Crippen LogP contribution in [0.4, 0.5) is 5.69 Å². The van der Waals surface area contributed by atoms with Gasteiger partial charge >= 0.3 is 0 Å². The van der Waals surface area contributed by atoms with Crippen LogP contribution in [0.5, 0.6) is 17.2 Å². The Kier molecular flexibility index (Phi) is 9.49. The van der Waals surface area contributed by atoms with Gasteiger partial charge in [0.1, 0.15) is 36.6 Å². The van der Waals surface area contributed by atoms with Crippen molar-refractivity contribution >= 4 is 15.7 Å². The SMILES string of the molecule is COc1ccc2c(c1)CC(CNC[C@@H](O)COc1ccc(OCc3ccccc3)c(NS(C)(=O)=O)c1)CC2. The first-order valence-corrected chi connectivity index (χ1v) is 14.6. The maximum absolute atomic E-state index is 11.9. The van der Waals surface area contributed by atoms with Crippen LogP contribution >= 0.6 is 0 Å². The fourth-order valence-corrected chi connectivity index (χ4v) is 5.11. The standard InChI is InChI=1S/C29H36N2O6S/c1-35-26-11-10-23-9-8-22(14-24(23)15-26)17-30-18-25(32)20-36-27-12-13-29(28(16-27)31-38(2,33)34)37-19-21-6-4-3-5-7-21/h3-7,10-13,15-16,22,25,30-32H,8-9,14,17-20H2,1-2H3/t22?,25-/m1/s1. The molecule has 8 nitrogen and oxygen atoms in total. The number of methoxy groups -OCH3 is 1. The molecule has 9 heteroatoms. The van der Waals surface area contributed by atoms with E-state index in [1.54, 1.807) is 25.3 Å². The molecule has 0 bridgehead atoms. The molecule has 1 unspecified atom stereocenters. The first-order chi connectivity index (χ1) is 18.3. The number of ether oxygens (including phenoxy) is 3. The molecule has 0 heterocycles. The Morgan fingerprint density at radius 2 is 1.79 bits per heavy atom. The van der Waals surface area contributed by atoms with E-state index in [1.807, 2.05) is 36.4 Å². The summed E-state index contributed by atoms with van der Waals surface area (Å²) in [4.78, 5) is 0. The van der Waals surface area contributed by atoms with E-state index in [-0.39, 0.29) is 12.3 Å². The molecule has 0 spiro atoms. The molecule has 38 heavy (non-hydrogen) atoms. The van der Waals surface area contributed by atoms with Crippen LogP contribution in [0, 0.1) is 5.92 Å². The van der Waals surface area contributed by atoms with Gasteiger partial charge in [-0.25, -0.2) is 8.42 Å². The molecule has 3 aromatic rings. The van der Waals surface area contributed by atoms with Crippen LogP contribution in [0.2, 0.25) is 0 Å². The number of aliphatic hydroxyl groups excluding tert-OH is 1. The normalized spacial score (nSPS) is 15.8. The van der Waals surface area contributed by atoms with Crippen molar-refractivity contribution in [1.29, 1.82) is 0 Å². The van der Waals surface area contributed by atoms with Crippen LogP contribution in [0.15, 0.2) is 66.7 Å². The average molecular weight is 541 g/mol. The zero-order valence-corrected chi connectivity index (χ0v) is 22.7. The number of aryl methyl sites for hydroxylation is 1. The van der Waals surface area contributed by atoms with Gasteiger partial charge in [-0.05, 0) is 72.7 Å². The fourth-order valence-electron chi connectivity index (χ4n) is 4.56. The van der Waals surface area contributed by atoms with E-state index in [1.165, 1.54) is 11.1 Å². The third-order valence-corrected chi connectivity index (χ3v) is 7.07. The largest absolute Gasteiger partial charge is 0.497 e. The van der Waals surface area contributed by atoms with Crippen molar-refractivity contribution in [3.8, 4) is 17.2 Å². The third kappa shape index (κ3) is 8.37. The summed E-state index contributed by atoms with van der Waals surface area (Å²) in [6, 6.07) is 20.8. The lowest BCUT2D eigenvalue weighted by atomic mass is 9.84. The highest BCUT2D eigenvalue weighted by atomic mass is 32.2. The van der Waals surface area contributed by atoms with Crippen molar-refractivity contribution in [3.05, 3.63) is 83.4 Å². The summed E-state index contributed by atoms with van der Waals surface area (Å²) in [5, 5.41) is 13.8. The van der Waals surface area contributed by atoms with Crippen LogP contribution in [-0.4, -0.2) is 52.7 Å². The Labute approximate surface area is 225 Å². The van der Waals surface area contributed by atoms with Gasteiger partial charge in [-0.2, -0.15) is 0 Å². The lowest BCUT2D eigenvalue weighted by Gasteiger charge is -2.25. The summed E-state index contributed by atoms with van der Waals surface area (Å²) in [6.45, 7) is 1.57. The molecule has 1 aliphatic carbocycles. The molecule has 0 radical (unpaired) electrons. The second-order valence-corrected chi connectivity index (χ2v) is 11.4. The monoisotopic (exact) mass is 540 g/mol. The van der Waals surface area contributed by atoms with Crippen molar-refractivity contribution in [2.75, 3.05) is 37.8 Å². The second-order valence-electron chi connectivity index (χ2n) is 9.67. The van der Waals surface area contributed by atoms with E-state index in [0.29, 0.717) is 30.6 Å². The van der Waals surface area contributed by atoms with Gasteiger partial charge in [0.15, 0.2) is 0 Å². The summed E-state index contributed by atoms with van der Waals surface area (Å²) in [6.07, 6.45) is 3.51. The molecule has 0 aromatic heterocycles. The lowest BCUT2D eigenvalue weighted by Crippen LogP contribution is -2.35. The summed E-state index contributed by atoms with van der Waals surface area (Å²) in [5.74, 6) is 2.20. The molecule has 3 aromatic carbocycles. The number of aliphatic hydroxyl groups is 1. The van der Waals surface area contributed by atoms with E-state index in [9.17, 15) is 13.5 Å². The summed E-state index contributed by atoms with van der Waals surface area (Å²) >= 11 is 0. The molecule has 2 atom stereocenters. The van der Waals surface area contributed by atoms with Gasteiger partial charge in [0.05, 0.1) is 19.1 Å². The van der Waals surface area contributed by atoms with Crippen molar-refractivity contribution in [1.82, 2.24) is 5.32 Å². The third-order valence-electron chi connectivity index (χ3n) is 6.48. The van der Waals surface area contributed by atoms with Crippen LogP contribution in [0.1, 0.15) is 23.1 Å². The summed E-state index contributed by atoms with van der Waals surface area (Å²) < 4.78 is 43.2. The molecule has 0 amide bonds. The van der Waals surface area contributed by atoms with Gasteiger partial charge in [0, 0.05) is 12.6 Å². The highest BCUT2D eigenvalue weighted by molar-refractivity contribution is 7.92. The first-order valence-electron chi connectivity index (χ1n) is 12.7. The molecule has 4 rings (SSSR count). The first kappa shape index (κ1) is 27.8. The molecule has 204 valence electrons. The Bertz CT molecular complexity index is 1300. The Balaban J connectivity index is 1.26. The number of anilines is 1. The highest BCUT2D eigenvalue weighted by Gasteiger charge is 2.19. The number of benzene rings is 3. The molecule has 0 saturated carbocycles. The van der Waals surface area contributed by atoms with Crippen LogP contribution < -0.4 is 24.2 Å². The zero-order chi connectivity index (χ0) is 27.0. The van der Waals surface area contributed by atoms with Crippen molar-refractivity contribution in [2.24, 2.45) is 5.92 Å². The van der Waals surface area contributed by atoms with E-state index >= 15 is 0 Å². The number of fused-ring (bicyclic) bond motifs is 1. The topological polar surface area (TPSA) is 106 Å². The minimum Gasteiger partial charge on any atom is -0.497 e. The predicted molar refractivity (Wildman–Crippen MR) is 149 cm³/mol. The van der Waals surface area contributed by atoms with Gasteiger partial charge in [0.2, 0.25) is 10.0 Å².